The predicted molar refractivity (Wildman–Crippen MR) is 86.4 cm³/mol. The van der Waals surface area contributed by atoms with Crippen molar-refractivity contribution in [3.63, 3.8) is 0 Å². The molecule has 3 rings (SSSR count). The van der Waals surface area contributed by atoms with Gasteiger partial charge in [-0.2, -0.15) is 32.9 Å². The zero-order valence-electron chi connectivity index (χ0n) is 13.8. The molecular formula is C15H9ClF6N6. The van der Waals surface area contributed by atoms with Crippen LogP contribution in [-0.2, 0) is 0 Å². The highest BCUT2D eigenvalue weighted by molar-refractivity contribution is 6.32. The molecule has 1 atom stereocenters. The number of anilines is 1. The van der Waals surface area contributed by atoms with Crippen LogP contribution in [0.25, 0.3) is 17.1 Å². The Morgan fingerprint density at radius 1 is 1.07 bits per heavy atom. The molecule has 0 aliphatic carbocycles. The molecule has 0 spiro atoms. The topological polar surface area (TPSA) is 68.5 Å². The zero-order chi connectivity index (χ0) is 20.6. The van der Waals surface area contributed by atoms with Gasteiger partial charge in [-0.15, -0.1) is 0 Å². The van der Waals surface area contributed by atoms with E-state index in [1.165, 1.54) is 0 Å². The molecule has 13 heteroatoms. The van der Waals surface area contributed by atoms with Crippen LogP contribution in [0.4, 0.5) is 32.2 Å². The number of halogens is 7. The van der Waals surface area contributed by atoms with Gasteiger partial charge < -0.3 is 5.32 Å². The number of aromatic nitrogens is 5. The number of hydrogen-bond acceptors (Lipinski definition) is 5. The van der Waals surface area contributed by atoms with E-state index in [0.717, 1.165) is 24.3 Å². The predicted octanol–water partition coefficient (Wildman–Crippen LogP) is 4.16. The highest BCUT2D eigenvalue weighted by Gasteiger charge is 2.37. The number of rotatable bonds is 4. The van der Waals surface area contributed by atoms with Crippen LogP contribution in [0.2, 0.25) is 5.15 Å². The average molecular weight is 423 g/mol. The fourth-order valence-electron chi connectivity index (χ4n) is 2.23. The molecular weight excluding hydrogens is 414 g/mol. The van der Waals surface area contributed by atoms with E-state index in [-0.39, 0.29) is 5.95 Å². The van der Waals surface area contributed by atoms with Crippen molar-refractivity contribution in [1.29, 1.82) is 0 Å². The van der Waals surface area contributed by atoms with E-state index in [1.54, 1.807) is 0 Å². The Kier molecular flexibility index (Phi) is 5.15. The van der Waals surface area contributed by atoms with Crippen LogP contribution in [0.15, 0.2) is 24.8 Å². The monoisotopic (exact) mass is 422 g/mol. The highest BCUT2D eigenvalue weighted by Crippen LogP contribution is 2.38. The van der Waals surface area contributed by atoms with Gasteiger partial charge in [0.05, 0.1) is 11.1 Å². The molecule has 0 aliphatic rings. The normalized spacial score (nSPS) is 12.9. The van der Waals surface area contributed by atoms with E-state index in [1.807, 2.05) is 5.32 Å². The summed E-state index contributed by atoms with van der Waals surface area (Å²) in [7, 11) is 0. The van der Waals surface area contributed by atoms with E-state index in [4.69, 9.17) is 11.6 Å². The minimum Gasteiger partial charge on any atom is -0.358 e. The molecule has 0 aliphatic heterocycles. The van der Waals surface area contributed by atoms with E-state index in [0.29, 0.717) is 12.1 Å². The first kappa shape index (κ1) is 19.9. The molecule has 28 heavy (non-hydrogen) atoms. The molecule has 0 bridgehead atoms. The van der Waals surface area contributed by atoms with Gasteiger partial charge in [0.15, 0.2) is 0 Å². The lowest BCUT2D eigenvalue weighted by Crippen LogP contribution is -2.34. The molecule has 0 amide bonds. The van der Waals surface area contributed by atoms with Crippen LogP contribution in [0, 0.1) is 17.5 Å². The Balaban J connectivity index is 2.24. The van der Waals surface area contributed by atoms with E-state index < -0.39 is 51.8 Å². The fourth-order valence-corrected chi connectivity index (χ4v) is 2.49. The van der Waals surface area contributed by atoms with Gasteiger partial charge in [-0.25, -0.2) is 18.2 Å². The Bertz CT molecular complexity index is 984. The van der Waals surface area contributed by atoms with Gasteiger partial charge in [0.2, 0.25) is 0 Å². The smallest absolute Gasteiger partial charge is 0.358 e. The number of benzene rings is 1. The van der Waals surface area contributed by atoms with Gasteiger partial charge >= 0.3 is 6.18 Å². The molecule has 2 heterocycles. The number of hydrogen-bond donors (Lipinski definition) is 1. The lowest BCUT2D eigenvalue weighted by molar-refractivity contribution is -0.138. The maximum absolute atomic E-state index is 14.2. The van der Waals surface area contributed by atoms with Gasteiger partial charge in [-0.1, -0.05) is 11.6 Å². The van der Waals surface area contributed by atoms with E-state index in [9.17, 15) is 26.3 Å². The Labute approximate surface area is 158 Å². The van der Waals surface area contributed by atoms with Crippen molar-refractivity contribution in [3.8, 4) is 17.1 Å². The Hall–Kier alpha value is -2.89. The Morgan fingerprint density at radius 2 is 1.71 bits per heavy atom. The van der Waals surface area contributed by atoms with Crippen molar-refractivity contribution in [3.05, 3.63) is 47.4 Å². The minimum atomic E-state index is -4.71. The fraction of sp³-hybridized carbons (Fsp3) is 0.200. The summed E-state index contributed by atoms with van der Waals surface area (Å²) in [5, 5.41) is 5.15. The van der Waals surface area contributed by atoms with Crippen LogP contribution in [-0.4, -0.2) is 37.0 Å². The van der Waals surface area contributed by atoms with Crippen molar-refractivity contribution < 1.29 is 26.3 Å². The van der Waals surface area contributed by atoms with Crippen LogP contribution in [0.3, 0.4) is 0 Å². The van der Waals surface area contributed by atoms with Crippen molar-refractivity contribution >= 4 is 17.4 Å². The second kappa shape index (κ2) is 7.26. The maximum Gasteiger partial charge on any atom is 0.408 e. The van der Waals surface area contributed by atoms with Gasteiger partial charge in [0.25, 0.3) is 5.95 Å². The third kappa shape index (κ3) is 3.86. The second-order valence-corrected chi connectivity index (χ2v) is 5.89. The lowest BCUT2D eigenvalue weighted by atomic mass is 10.1. The van der Waals surface area contributed by atoms with Gasteiger partial charge in [-0.05, 0) is 6.92 Å². The first-order valence-electron chi connectivity index (χ1n) is 7.48. The molecule has 0 fully saturated rings. The third-order valence-electron chi connectivity index (χ3n) is 3.58. The summed E-state index contributed by atoms with van der Waals surface area (Å²) < 4.78 is 81.6. The number of nitrogens with one attached hydrogen (secondary N) is 1. The molecule has 1 N–H and O–H groups in total. The van der Waals surface area contributed by atoms with Crippen molar-refractivity contribution in [2.75, 3.05) is 5.32 Å². The molecule has 2 aromatic heterocycles. The van der Waals surface area contributed by atoms with Crippen molar-refractivity contribution in [2.24, 2.45) is 0 Å². The van der Waals surface area contributed by atoms with Crippen LogP contribution in [0.5, 0.6) is 0 Å². The molecule has 0 unspecified atom stereocenters. The van der Waals surface area contributed by atoms with Gasteiger partial charge in [0.1, 0.15) is 47.1 Å². The van der Waals surface area contributed by atoms with E-state index >= 15 is 0 Å². The molecule has 148 valence electrons. The van der Waals surface area contributed by atoms with Crippen LogP contribution in [0.1, 0.15) is 6.92 Å². The zero-order valence-corrected chi connectivity index (χ0v) is 14.5. The van der Waals surface area contributed by atoms with Crippen molar-refractivity contribution in [1.82, 2.24) is 24.7 Å². The summed E-state index contributed by atoms with van der Waals surface area (Å²) in [5.74, 6) is -4.92. The molecule has 1 aromatic carbocycles. The summed E-state index contributed by atoms with van der Waals surface area (Å²) >= 11 is 6.01. The maximum atomic E-state index is 14.2. The number of nitrogens with zero attached hydrogens (tertiary/aromatic N) is 5. The summed E-state index contributed by atoms with van der Waals surface area (Å²) in [6, 6.07) is -1.44. The summed E-state index contributed by atoms with van der Waals surface area (Å²) in [4.78, 5) is 11.3. The first-order chi connectivity index (χ1) is 13.1. The SMILES string of the molecule is C[C@H](Nc1nc(-n2cncn2)nc(Cl)c1-c1c(F)cc(F)cc1F)C(F)(F)F. The summed E-state index contributed by atoms with van der Waals surface area (Å²) in [6.07, 6.45) is -2.46. The number of alkyl halides is 3. The second-order valence-electron chi connectivity index (χ2n) is 5.53. The largest absolute Gasteiger partial charge is 0.408 e. The quantitative estimate of drug-likeness (QED) is 0.505. The van der Waals surface area contributed by atoms with Crippen molar-refractivity contribution in [2.45, 2.75) is 19.1 Å². The minimum absolute atomic E-state index is 0.300. The molecule has 3 aromatic rings. The average Bonchev–Trinajstić information content (AvgIpc) is 3.09. The summed E-state index contributed by atoms with van der Waals surface area (Å²) in [5.41, 5.74) is -1.48. The van der Waals surface area contributed by atoms with E-state index in [2.05, 4.69) is 20.1 Å². The summed E-state index contributed by atoms with van der Waals surface area (Å²) in [6.45, 7) is 0.770. The first-order valence-corrected chi connectivity index (χ1v) is 7.86. The molecule has 0 saturated carbocycles. The highest BCUT2D eigenvalue weighted by atomic mass is 35.5. The molecule has 0 radical (unpaired) electrons. The third-order valence-corrected chi connectivity index (χ3v) is 3.85. The van der Waals surface area contributed by atoms with Gasteiger partial charge in [0, 0.05) is 12.1 Å². The van der Waals surface area contributed by atoms with Gasteiger partial charge in [-0.3, -0.25) is 0 Å². The Morgan fingerprint density at radius 3 is 2.25 bits per heavy atom. The molecule has 0 saturated heterocycles. The molecule has 6 nitrogen and oxygen atoms in total. The lowest BCUT2D eigenvalue weighted by Gasteiger charge is -2.21. The standard InChI is InChI=1S/C15H9ClF6N6/c1-6(15(20,21)22)25-13-11(10-8(18)2-7(17)3-9(10)19)12(16)26-14(27-13)28-5-23-4-24-28/h2-6H,1H3,(H,25,26,27)/t6-/m0/s1. The van der Waals surface area contributed by atoms with Crippen LogP contribution < -0.4 is 5.32 Å². The van der Waals surface area contributed by atoms with Crippen LogP contribution >= 0.6 is 11.6 Å².